The number of rotatable bonds is 1. The summed E-state index contributed by atoms with van der Waals surface area (Å²) in [4.78, 5) is 14.5. The molecule has 1 aliphatic heterocycles. The third kappa shape index (κ3) is 2.68. The van der Waals surface area contributed by atoms with Gasteiger partial charge in [-0.25, -0.2) is 0 Å². The minimum Gasteiger partial charge on any atom is -0.451 e. The Morgan fingerprint density at radius 2 is 2.05 bits per heavy atom. The molecule has 1 N–H and O–H groups in total. The lowest BCUT2D eigenvalue weighted by molar-refractivity contribution is 0.0434. The predicted molar refractivity (Wildman–Crippen MR) is 81.3 cm³/mol. The molecule has 0 spiro atoms. The van der Waals surface area contributed by atoms with Crippen LogP contribution in [0.15, 0.2) is 28.7 Å². The van der Waals surface area contributed by atoms with Gasteiger partial charge in [-0.15, -0.1) is 0 Å². The summed E-state index contributed by atoms with van der Waals surface area (Å²) in [6.45, 7) is 5.01. The first-order chi connectivity index (χ1) is 9.98. The van der Waals surface area contributed by atoms with E-state index in [2.05, 4.69) is 0 Å². The second kappa shape index (κ2) is 5.19. The average Bonchev–Trinajstić information content (AvgIpc) is 2.67. The lowest BCUT2D eigenvalue weighted by atomic mass is 9.98. The number of aryl methyl sites for hydroxylation is 1. The van der Waals surface area contributed by atoms with Crippen LogP contribution in [0.5, 0.6) is 0 Å². The standard InChI is InChI=1S/C17H21NO3/c1-12-13-6-3-4-7-14(13)21-15(12)16(19)18-10-5-8-17(2,20)9-11-18/h3-4,6-7,20H,5,8-11H2,1-2H3. The van der Waals surface area contributed by atoms with Crippen molar-refractivity contribution in [3.8, 4) is 0 Å². The first-order valence-corrected chi connectivity index (χ1v) is 7.48. The molecular weight excluding hydrogens is 266 g/mol. The Kier molecular flexibility index (Phi) is 3.49. The SMILES string of the molecule is Cc1c(C(=O)N2CCCC(C)(O)CC2)oc2ccccc12. The third-order valence-electron chi connectivity index (χ3n) is 4.39. The zero-order valence-corrected chi connectivity index (χ0v) is 12.6. The van der Waals surface area contributed by atoms with Crippen LogP contribution in [0.2, 0.25) is 0 Å². The van der Waals surface area contributed by atoms with Crippen molar-refractivity contribution < 1.29 is 14.3 Å². The molecule has 1 fully saturated rings. The smallest absolute Gasteiger partial charge is 0.289 e. The summed E-state index contributed by atoms with van der Waals surface area (Å²) in [5.41, 5.74) is 0.976. The summed E-state index contributed by atoms with van der Waals surface area (Å²) in [5, 5.41) is 11.1. The highest BCUT2D eigenvalue weighted by molar-refractivity contribution is 5.98. The number of nitrogens with zero attached hydrogens (tertiary/aromatic N) is 1. The second-order valence-electron chi connectivity index (χ2n) is 6.20. The van der Waals surface area contributed by atoms with Crippen molar-refractivity contribution in [3.05, 3.63) is 35.6 Å². The molecule has 0 radical (unpaired) electrons. The van der Waals surface area contributed by atoms with Gasteiger partial charge in [0.1, 0.15) is 5.58 Å². The van der Waals surface area contributed by atoms with Crippen molar-refractivity contribution in [1.29, 1.82) is 0 Å². The van der Waals surface area contributed by atoms with Crippen LogP contribution in [0.3, 0.4) is 0 Å². The number of aliphatic hydroxyl groups is 1. The van der Waals surface area contributed by atoms with Gasteiger partial charge in [0.15, 0.2) is 5.76 Å². The topological polar surface area (TPSA) is 53.7 Å². The molecule has 1 aliphatic rings. The van der Waals surface area contributed by atoms with Crippen LogP contribution in [0.4, 0.5) is 0 Å². The Morgan fingerprint density at radius 1 is 1.29 bits per heavy atom. The van der Waals surface area contributed by atoms with Gasteiger partial charge >= 0.3 is 0 Å². The van der Waals surface area contributed by atoms with Crippen LogP contribution in [-0.2, 0) is 0 Å². The molecule has 3 rings (SSSR count). The zero-order chi connectivity index (χ0) is 15.0. The minimum absolute atomic E-state index is 0.0681. The molecule has 0 aliphatic carbocycles. The van der Waals surface area contributed by atoms with Gasteiger partial charge in [-0.2, -0.15) is 0 Å². The minimum atomic E-state index is -0.669. The Morgan fingerprint density at radius 3 is 2.81 bits per heavy atom. The molecule has 4 nitrogen and oxygen atoms in total. The summed E-state index contributed by atoms with van der Waals surface area (Å²) in [6.07, 6.45) is 2.16. The number of amides is 1. The Labute approximate surface area is 124 Å². The summed E-state index contributed by atoms with van der Waals surface area (Å²) < 4.78 is 5.75. The van der Waals surface area contributed by atoms with Crippen LogP contribution in [0.25, 0.3) is 11.0 Å². The van der Waals surface area contributed by atoms with E-state index in [1.807, 2.05) is 38.1 Å². The van der Waals surface area contributed by atoms with E-state index in [4.69, 9.17) is 4.42 Å². The van der Waals surface area contributed by atoms with Crippen LogP contribution in [-0.4, -0.2) is 34.6 Å². The Balaban J connectivity index is 1.88. The zero-order valence-electron chi connectivity index (χ0n) is 12.6. The van der Waals surface area contributed by atoms with Gasteiger partial charge in [0.2, 0.25) is 0 Å². The van der Waals surface area contributed by atoms with Crippen molar-refractivity contribution in [2.24, 2.45) is 0 Å². The van der Waals surface area contributed by atoms with E-state index in [1.165, 1.54) is 0 Å². The van der Waals surface area contributed by atoms with Crippen LogP contribution in [0, 0.1) is 6.92 Å². The van der Waals surface area contributed by atoms with Gasteiger partial charge in [-0.05, 0) is 39.2 Å². The number of likely N-dealkylation sites (tertiary alicyclic amines) is 1. The van der Waals surface area contributed by atoms with Crippen LogP contribution < -0.4 is 0 Å². The highest BCUT2D eigenvalue weighted by Gasteiger charge is 2.29. The molecule has 1 amide bonds. The average molecular weight is 287 g/mol. The molecule has 2 aromatic rings. The normalized spacial score (nSPS) is 23.3. The summed E-state index contributed by atoms with van der Waals surface area (Å²) in [6, 6.07) is 7.70. The molecule has 1 aromatic heterocycles. The monoisotopic (exact) mass is 287 g/mol. The lowest BCUT2D eigenvalue weighted by Gasteiger charge is -2.22. The van der Waals surface area contributed by atoms with E-state index in [0.717, 1.165) is 29.4 Å². The number of para-hydroxylation sites is 1. The molecule has 2 heterocycles. The van der Waals surface area contributed by atoms with Crippen molar-refractivity contribution in [2.45, 2.75) is 38.7 Å². The molecule has 1 unspecified atom stereocenters. The van der Waals surface area contributed by atoms with Gasteiger partial charge < -0.3 is 14.4 Å². The van der Waals surface area contributed by atoms with Crippen molar-refractivity contribution in [1.82, 2.24) is 4.90 Å². The first-order valence-electron chi connectivity index (χ1n) is 7.48. The fraction of sp³-hybridized carbons (Fsp3) is 0.471. The Bertz CT molecular complexity index is 672. The molecule has 112 valence electrons. The van der Waals surface area contributed by atoms with Gasteiger partial charge in [0.05, 0.1) is 5.60 Å². The number of benzene rings is 1. The maximum atomic E-state index is 12.7. The molecule has 0 saturated carbocycles. The first kappa shape index (κ1) is 14.1. The van der Waals surface area contributed by atoms with E-state index >= 15 is 0 Å². The van der Waals surface area contributed by atoms with Crippen molar-refractivity contribution in [2.75, 3.05) is 13.1 Å². The molecule has 1 saturated heterocycles. The maximum Gasteiger partial charge on any atom is 0.289 e. The Hall–Kier alpha value is -1.81. The summed E-state index contributed by atoms with van der Waals surface area (Å²) >= 11 is 0. The number of carbonyl (C=O) groups is 1. The van der Waals surface area contributed by atoms with Gasteiger partial charge in [-0.3, -0.25) is 4.79 Å². The number of fused-ring (bicyclic) bond motifs is 1. The summed E-state index contributed by atoms with van der Waals surface area (Å²) in [5.74, 6) is 0.360. The van der Waals surface area contributed by atoms with Gasteiger partial charge in [-0.1, -0.05) is 18.2 Å². The predicted octanol–water partition coefficient (Wildman–Crippen LogP) is 3.12. The molecular formula is C17H21NO3. The number of furan rings is 1. The number of hydrogen-bond acceptors (Lipinski definition) is 3. The maximum absolute atomic E-state index is 12.7. The van der Waals surface area contributed by atoms with Crippen LogP contribution >= 0.6 is 0 Å². The van der Waals surface area contributed by atoms with Gasteiger partial charge in [0.25, 0.3) is 5.91 Å². The highest BCUT2D eigenvalue weighted by atomic mass is 16.3. The van der Waals surface area contributed by atoms with E-state index < -0.39 is 5.60 Å². The third-order valence-corrected chi connectivity index (χ3v) is 4.39. The quantitative estimate of drug-likeness (QED) is 0.876. The van der Waals surface area contributed by atoms with Crippen molar-refractivity contribution >= 4 is 16.9 Å². The molecule has 21 heavy (non-hydrogen) atoms. The number of carbonyl (C=O) groups excluding carboxylic acids is 1. The fourth-order valence-corrected chi connectivity index (χ4v) is 2.99. The number of hydrogen-bond donors (Lipinski definition) is 1. The van der Waals surface area contributed by atoms with E-state index in [1.54, 1.807) is 4.90 Å². The molecule has 4 heteroatoms. The molecule has 1 atom stereocenters. The largest absolute Gasteiger partial charge is 0.451 e. The van der Waals surface area contributed by atoms with E-state index in [0.29, 0.717) is 25.3 Å². The molecule has 1 aromatic carbocycles. The van der Waals surface area contributed by atoms with Gasteiger partial charge in [0, 0.05) is 24.0 Å². The van der Waals surface area contributed by atoms with Crippen molar-refractivity contribution in [3.63, 3.8) is 0 Å². The lowest BCUT2D eigenvalue weighted by Crippen LogP contribution is -2.33. The van der Waals surface area contributed by atoms with Crippen LogP contribution in [0.1, 0.15) is 42.3 Å². The van der Waals surface area contributed by atoms with E-state index in [9.17, 15) is 9.90 Å². The second-order valence-corrected chi connectivity index (χ2v) is 6.20. The fourth-order valence-electron chi connectivity index (χ4n) is 2.99. The van der Waals surface area contributed by atoms with E-state index in [-0.39, 0.29) is 5.91 Å². The highest BCUT2D eigenvalue weighted by Crippen LogP contribution is 2.28. The molecule has 0 bridgehead atoms. The summed E-state index contributed by atoms with van der Waals surface area (Å²) in [7, 11) is 0.